The molecule has 18 heavy (non-hydrogen) atoms. The largest absolute Gasteiger partial charge is 0.478 e. The van der Waals surface area contributed by atoms with E-state index in [0.717, 1.165) is 17.8 Å². The van der Waals surface area contributed by atoms with Crippen molar-refractivity contribution in [1.29, 1.82) is 5.26 Å². The van der Waals surface area contributed by atoms with Crippen LogP contribution in [0.25, 0.3) is 0 Å². The maximum Gasteiger partial charge on any atom is 0.335 e. The lowest BCUT2D eigenvalue weighted by atomic mass is 10.2. The van der Waals surface area contributed by atoms with Crippen LogP contribution in [0.2, 0.25) is 0 Å². The summed E-state index contributed by atoms with van der Waals surface area (Å²) in [5.41, 5.74) is -0.246. The highest BCUT2D eigenvalue weighted by Crippen LogP contribution is 2.30. The number of thioether (sulfide) groups is 1. The van der Waals surface area contributed by atoms with E-state index < -0.39 is 11.8 Å². The molecule has 0 aromatic heterocycles. The zero-order valence-electron chi connectivity index (χ0n) is 9.07. The Morgan fingerprint density at radius 2 is 2.33 bits per heavy atom. The van der Waals surface area contributed by atoms with Crippen molar-refractivity contribution in [3.8, 4) is 6.19 Å². The van der Waals surface area contributed by atoms with E-state index in [-0.39, 0.29) is 20.9 Å². The fourth-order valence-corrected chi connectivity index (χ4v) is 1.92. The lowest BCUT2D eigenvalue weighted by Gasteiger charge is -2.05. The van der Waals surface area contributed by atoms with Crippen LogP contribution in [0.15, 0.2) is 21.6 Å². The van der Waals surface area contributed by atoms with Gasteiger partial charge in [-0.25, -0.2) is 14.2 Å². The molecule has 0 amide bonds. The molecule has 0 bridgehead atoms. The van der Waals surface area contributed by atoms with Crippen molar-refractivity contribution >= 4 is 44.5 Å². The quantitative estimate of drug-likeness (QED) is 0.376. The molecule has 0 saturated heterocycles. The molecule has 2 N–H and O–H groups in total. The summed E-state index contributed by atoms with van der Waals surface area (Å²) in [6.45, 7) is 0. The number of hydrogen-bond donors (Lipinski definition) is 2. The van der Waals surface area contributed by atoms with Crippen molar-refractivity contribution in [3.63, 3.8) is 0 Å². The lowest BCUT2D eigenvalue weighted by Crippen LogP contribution is -2.12. The number of halogens is 2. The highest BCUT2D eigenvalue weighted by molar-refractivity contribution is 9.10. The lowest BCUT2D eigenvalue weighted by molar-refractivity contribution is 0.0696. The smallest absolute Gasteiger partial charge is 0.335 e. The third kappa shape index (κ3) is 3.45. The van der Waals surface area contributed by atoms with E-state index >= 15 is 0 Å². The van der Waals surface area contributed by atoms with Gasteiger partial charge in [0.15, 0.2) is 17.2 Å². The molecule has 0 saturated carbocycles. The van der Waals surface area contributed by atoms with Gasteiger partial charge in [-0.05, 0) is 34.3 Å². The minimum Gasteiger partial charge on any atom is -0.478 e. The van der Waals surface area contributed by atoms with Gasteiger partial charge in [0.2, 0.25) is 0 Å². The molecule has 0 heterocycles. The highest BCUT2D eigenvalue weighted by atomic mass is 79.9. The second-order valence-electron chi connectivity index (χ2n) is 2.95. The summed E-state index contributed by atoms with van der Waals surface area (Å²) in [5, 5.41) is 19.7. The van der Waals surface area contributed by atoms with Crippen LogP contribution in [0, 0.1) is 17.3 Å². The first-order chi connectivity index (χ1) is 8.49. The Bertz CT molecular complexity index is 534. The molecular weight excluding hydrogens is 325 g/mol. The Kier molecular flexibility index (Phi) is 5.12. The van der Waals surface area contributed by atoms with Gasteiger partial charge in [-0.15, -0.1) is 0 Å². The number of benzene rings is 1. The molecule has 94 valence electrons. The molecular formula is C10H7BrFN3O2S. The molecule has 0 atom stereocenters. The van der Waals surface area contributed by atoms with E-state index in [4.69, 9.17) is 10.4 Å². The topological polar surface area (TPSA) is 85.5 Å². The Labute approximate surface area is 115 Å². The number of nitrogens with zero attached hydrogens (tertiary/aromatic N) is 2. The fourth-order valence-electron chi connectivity index (χ4n) is 1.07. The first kappa shape index (κ1) is 14.5. The van der Waals surface area contributed by atoms with E-state index in [9.17, 15) is 9.18 Å². The molecule has 0 unspecified atom stereocenters. The zero-order valence-corrected chi connectivity index (χ0v) is 11.5. The van der Waals surface area contributed by atoms with Crippen LogP contribution >= 0.6 is 27.7 Å². The number of aliphatic imine (C=N–C) groups is 1. The summed E-state index contributed by atoms with van der Waals surface area (Å²) >= 11 is 4.17. The number of carbonyl (C=O) groups is 1. The van der Waals surface area contributed by atoms with Crippen LogP contribution in [0.5, 0.6) is 0 Å². The van der Waals surface area contributed by atoms with Crippen molar-refractivity contribution in [2.45, 2.75) is 0 Å². The molecule has 8 heteroatoms. The van der Waals surface area contributed by atoms with E-state index in [1.54, 1.807) is 12.4 Å². The van der Waals surface area contributed by atoms with Gasteiger partial charge in [-0.1, -0.05) is 11.8 Å². The van der Waals surface area contributed by atoms with Gasteiger partial charge < -0.3 is 5.11 Å². The number of amidine groups is 1. The maximum atomic E-state index is 13.7. The normalized spacial score (nSPS) is 10.9. The van der Waals surface area contributed by atoms with Crippen molar-refractivity contribution in [1.82, 2.24) is 5.32 Å². The predicted octanol–water partition coefficient (Wildman–Crippen LogP) is 2.71. The third-order valence-corrected chi connectivity index (χ3v) is 3.02. The molecule has 0 fully saturated rings. The molecule has 0 spiro atoms. The van der Waals surface area contributed by atoms with Gasteiger partial charge in [0, 0.05) is 4.47 Å². The first-order valence-electron chi connectivity index (χ1n) is 4.49. The summed E-state index contributed by atoms with van der Waals surface area (Å²) in [6.07, 6.45) is 3.34. The number of rotatable bonds is 2. The monoisotopic (exact) mass is 331 g/mol. The third-order valence-electron chi connectivity index (χ3n) is 1.83. The number of carboxylic acids is 1. The van der Waals surface area contributed by atoms with Crippen molar-refractivity contribution < 1.29 is 14.3 Å². The average molecular weight is 332 g/mol. The zero-order chi connectivity index (χ0) is 13.7. The summed E-state index contributed by atoms with van der Waals surface area (Å²) in [5.74, 6) is -2.02. The van der Waals surface area contributed by atoms with Gasteiger partial charge >= 0.3 is 5.97 Å². The molecule has 1 aromatic rings. The van der Waals surface area contributed by atoms with Crippen LogP contribution in [0.1, 0.15) is 10.4 Å². The summed E-state index contributed by atoms with van der Waals surface area (Å²) in [6, 6.07) is 2.12. The predicted molar refractivity (Wildman–Crippen MR) is 70.4 cm³/mol. The Hall–Kier alpha value is -1.59. The van der Waals surface area contributed by atoms with Crippen LogP contribution in [-0.4, -0.2) is 22.5 Å². The highest BCUT2D eigenvalue weighted by Gasteiger charge is 2.13. The first-order valence-corrected chi connectivity index (χ1v) is 6.51. The van der Waals surface area contributed by atoms with Crippen molar-refractivity contribution in [2.75, 3.05) is 6.26 Å². The van der Waals surface area contributed by atoms with E-state index in [2.05, 4.69) is 26.2 Å². The SMILES string of the molecule is CSC(=Nc1c(F)cc(C(=O)O)cc1Br)NC#N. The number of hydrogen-bond acceptors (Lipinski definition) is 4. The Morgan fingerprint density at radius 1 is 1.67 bits per heavy atom. The van der Waals surface area contributed by atoms with Crippen LogP contribution in [0.4, 0.5) is 10.1 Å². The molecule has 5 nitrogen and oxygen atoms in total. The van der Waals surface area contributed by atoms with Crippen molar-refractivity contribution in [3.05, 3.63) is 28.0 Å². The van der Waals surface area contributed by atoms with Gasteiger partial charge in [-0.2, -0.15) is 5.26 Å². The second-order valence-corrected chi connectivity index (χ2v) is 4.60. The molecule has 1 aromatic carbocycles. The molecule has 1 rings (SSSR count). The minimum atomic E-state index is -1.23. The number of nitriles is 1. The number of carboxylic acid groups (broad SMARTS) is 1. The van der Waals surface area contributed by atoms with E-state index in [0.29, 0.717) is 0 Å². The summed E-state index contributed by atoms with van der Waals surface area (Å²) in [7, 11) is 0. The Balaban J connectivity index is 3.27. The maximum absolute atomic E-state index is 13.7. The van der Waals surface area contributed by atoms with Gasteiger partial charge in [0.25, 0.3) is 0 Å². The second kappa shape index (κ2) is 6.37. The molecule has 0 radical (unpaired) electrons. The summed E-state index contributed by atoms with van der Waals surface area (Å²) < 4.78 is 13.9. The average Bonchev–Trinajstić information content (AvgIpc) is 2.31. The van der Waals surface area contributed by atoms with Crippen LogP contribution in [-0.2, 0) is 0 Å². The standard InChI is InChI=1S/C10H7BrFN3O2S/c1-18-10(14-4-13)15-8-6(11)2-5(9(16)17)3-7(8)12/h2-3H,1H3,(H,14,15)(H,16,17). The van der Waals surface area contributed by atoms with E-state index in [1.807, 2.05) is 0 Å². The molecule has 0 aliphatic heterocycles. The van der Waals surface area contributed by atoms with Gasteiger partial charge in [0.05, 0.1) is 5.56 Å². The van der Waals surface area contributed by atoms with Crippen LogP contribution < -0.4 is 5.32 Å². The molecule has 0 aliphatic rings. The number of nitrogens with one attached hydrogen (secondary N) is 1. The van der Waals surface area contributed by atoms with Crippen molar-refractivity contribution in [2.24, 2.45) is 4.99 Å². The Morgan fingerprint density at radius 3 is 2.78 bits per heavy atom. The summed E-state index contributed by atoms with van der Waals surface area (Å²) in [4.78, 5) is 14.6. The van der Waals surface area contributed by atoms with Gasteiger partial charge in [-0.3, -0.25) is 5.32 Å². The van der Waals surface area contributed by atoms with E-state index in [1.165, 1.54) is 6.07 Å². The van der Waals surface area contributed by atoms with Gasteiger partial charge in [0.1, 0.15) is 5.69 Å². The minimum absolute atomic E-state index is 0.0629. The molecule has 0 aliphatic carbocycles. The fraction of sp³-hybridized carbons (Fsp3) is 0.100. The number of aromatic carboxylic acids is 1. The van der Waals surface area contributed by atoms with Crippen LogP contribution in [0.3, 0.4) is 0 Å².